The lowest BCUT2D eigenvalue weighted by Crippen LogP contribution is -2.30. The van der Waals surface area contributed by atoms with Gasteiger partial charge in [-0.25, -0.2) is 9.13 Å². The van der Waals surface area contributed by atoms with E-state index in [9.17, 15) is 43.2 Å². The summed E-state index contributed by atoms with van der Waals surface area (Å²) in [5, 5.41) is 10.6. The van der Waals surface area contributed by atoms with Crippen LogP contribution < -0.4 is 0 Å². The fourth-order valence-corrected chi connectivity index (χ4v) is 13.6. The molecule has 4 unspecified atom stereocenters. The Morgan fingerprint density at radius 2 is 0.520 bits per heavy atom. The van der Waals surface area contributed by atoms with Gasteiger partial charge in [0.1, 0.15) is 19.3 Å². The number of unbranched alkanes of at least 4 members (excludes halogenated alkanes) is 43. The Morgan fingerprint density at radius 3 is 0.776 bits per heavy atom. The molecule has 0 saturated heterocycles. The van der Waals surface area contributed by atoms with Crippen LogP contribution in [-0.4, -0.2) is 96.7 Å². The van der Waals surface area contributed by atoms with E-state index >= 15 is 0 Å². The number of hydrogen-bond donors (Lipinski definition) is 3. The second kappa shape index (κ2) is 69.4. The third kappa shape index (κ3) is 69.8. The van der Waals surface area contributed by atoms with Crippen LogP contribution in [0, 0.1) is 17.8 Å². The number of rotatable bonds is 77. The molecule has 0 saturated carbocycles. The number of aliphatic hydroxyl groups excluding tert-OH is 1. The van der Waals surface area contributed by atoms with E-state index in [4.69, 9.17) is 37.0 Å². The topological polar surface area (TPSA) is 237 Å². The number of carbonyl (C=O) groups excluding carboxylic acids is 4. The van der Waals surface area contributed by atoms with Gasteiger partial charge in [-0.05, 0) is 43.4 Å². The molecule has 582 valence electrons. The third-order valence-corrected chi connectivity index (χ3v) is 21.0. The summed E-state index contributed by atoms with van der Waals surface area (Å²) >= 11 is 0. The van der Waals surface area contributed by atoms with Gasteiger partial charge in [-0.1, -0.05) is 357 Å². The van der Waals surface area contributed by atoms with Crippen LogP contribution in [0.15, 0.2) is 0 Å². The van der Waals surface area contributed by atoms with Gasteiger partial charge in [-0.15, -0.1) is 0 Å². The fourth-order valence-electron chi connectivity index (χ4n) is 12.1. The van der Waals surface area contributed by atoms with Gasteiger partial charge < -0.3 is 33.8 Å². The smallest absolute Gasteiger partial charge is 0.462 e. The van der Waals surface area contributed by atoms with Crippen molar-refractivity contribution in [2.24, 2.45) is 17.8 Å². The number of hydrogen-bond acceptors (Lipinski definition) is 15. The summed E-state index contributed by atoms with van der Waals surface area (Å²) in [5.41, 5.74) is 0. The average Bonchev–Trinajstić information content (AvgIpc) is 1.03. The van der Waals surface area contributed by atoms with Crippen molar-refractivity contribution < 1.29 is 80.2 Å². The first-order chi connectivity index (χ1) is 47.3. The van der Waals surface area contributed by atoms with Crippen LogP contribution in [0.3, 0.4) is 0 Å². The number of esters is 4. The monoisotopic (exact) mass is 1440 g/mol. The molecule has 0 aliphatic rings. The maximum atomic E-state index is 13.1. The van der Waals surface area contributed by atoms with Crippen LogP contribution in [-0.2, 0) is 65.4 Å². The molecule has 0 radical (unpaired) electrons. The molecular weight excluding hydrogens is 1280 g/mol. The van der Waals surface area contributed by atoms with Gasteiger partial charge in [0.15, 0.2) is 12.2 Å². The Hall–Kier alpha value is -1.94. The van der Waals surface area contributed by atoms with Crippen molar-refractivity contribution in [3.8, 4) is 0 Å². The van der Waals surface area contributed by atoms with Gasteiger partial charge in [0.05, 0.1) is 26.4 Å². The molecule has 0 heterocycles. The number of phosphoric ester groups is 2. The van der Waals surface area contributed by atoms with Crippen LogP contribution in [0.1, 0.15) is 408 Å². The number of carbonyl (C=O) groups is 4. The summed E-state index contributed by atoms with van der Waals surface area (Å²) in [5.74, 6) is 0.201. The van der Waals surface area contributed by atoms with Gasteiger partial charge in [-0.3, -0.25) is 37.3 Å². The Morgan fingerprint density at radius 1 is 0.296 bits per heavy atom. The lowest BCUT2D eigenvalue weighted by Gasteiger charge is -2.21. The van der Waals surface area contributed by atoms with Crippen molar-refractivity contribution in [1.82, 2.24) is 0 Å². The normalized spacial score (nSPS) is 14.6. The van der Waals surface area contributed by atoms with Crippen molar-refractivity contribution >= 4 is 39.5 Å². The van der Waals surface area contributed by atoms with E-state index in [1.54, 1.807) is 0 Å². The molecule has 0 spiro atoms. The highest BCUT2D eigenvalue weighted by molar-refractivity contribution is 7.47. The maximum absolute atomic E-state index is 13.1. The van der Waals surface area contributed by atoms with Crippen molar-refractivity contribution in [3.63, 3.8) is 0 Å². The van der Waals surface area contributed by atoms with Crippen LogP contribution >= 0.6 is 15.6 Å². The fraction of sp³-hybridized carbons (Fsp3) is 0.949. The highest BCUT2D eigenvalue weighted by atomic mass is 31.2. The zero-order valence-corrected chi connectivity index (χ0v) is 66.0. The summed E-state index contributed by atoms with van der Waals surface area (Å²) in [6.45, 7) is 11.9. The van der Waals surface area contributed by atoms with E-state index < -0.39 is 97.5 Å². The Kier molecular flexibility index (Phi) is 68.1. The third-order valence-electron chi connectivity index (χ3n) is 19.1. The van der Waals surface area contributed by atoms with Crippen molar-refractivity contribution in [3.05, 3.63) is 0 Å². The minimum Gasteiger partial charge on any atom is -0.462 e. The van der Waals surface area contributed by atoms with Crippen LogP contribution in [0.5, 0.6) is 0 Å². The second-order valence-electron chi connectivity index (χ2n) is 29.4. The average molecular weight is 1440 g/mol. The molecular formula is C79H154O17P2. The van der Waals surface area contributed by atoms with Crippen molar-refractivity contribution in [1.29, 1.82) is 0 Å². The first kappa shape index (κ1) is 96.1. The second-order valence-corrected chi connectivity index (χ2v) is 32.3. The van der Waals surface area contributed by atoms with Crippen LogP contribution in [0.25, 0.3) is 0 Å². The van der Waals surface area contributed by atoms with E-state index in [-0.39, 0.29) is 25.7 Å². The van der Waals surface area contributed by atoms with E-state index in [1.165, 1.54) is 212 Å². The summed E-state index contributed by atoms with van der Waals surface area (Å²) in [6.07, 6.45) is 56.8. The van der Waals surface area contributed by atoms with Gasteiger partial charge in [0, 0.05) is 25.7 Å². The van der Waals surface area contributed by atoms with E-state index in [0.29, 0.717) is 25.7 Å². The van der Waals surface area contributed by atoms with E-state index in [0.717, 1.165) is 114 Å². The summed E-state index contributed by atoms with van der Waals surface area (Å²) in [6, 6.07) is 0. The van der Waals surface area contributed by atoms with Crippen molar-refractivity contribution in [2.45, 2.75) is 426 Å². The highest BCUT2D eigenvalue weighted by Crippen LogP contribution is 2.45. The number of phosphoric acid groups is 2. The van der Waals surface area contributed by atoms with Crippen LogP contribution in [0.2, 0.25) is 0 Å². The summed E-state index contributed by atoms with van der Waals surface area (Å²) in [4.78, 5) is 72.9. The lowest BCUT2D eigenvalue weighted by molar-refractivity contribution is -0.161. The quantitative estimate of drug-likeness (QED) is 0.0222. The molecule has 19 heteroatoms. The molecule has 0 bridgehead atoms. The van der Waals surface area contributed by atoms with E-state index in [2.05, 4.69) is 48.5 Å². The predicted octanol–water partition coefficient (Wildman–Crippen LogP) is 23.4. The molecule has 0 rings (SSSR count). The molecule has 3 N–H and O–H groups in total. The molecule has 0 aromatic rings. The molecule has 0 aromatic carbocycles. The highest BCUT2D eigenvalue weighted by Gasteiger charge is 2.30. The van der Waals surface area contributed by atoms with Gasteiger partial charge in [0.2, 0.25) is 0 Å². The molecule has 0 aliphatic heterocycles. The zero-order valence-electron chi connectivity index (χ0n) is 64.3. The van der Waals surface area contributed by atoms with Gasteiger partial charge in [0.25, 0.3) is 0 Å². The Bertz CT molecular complexity index is 1910. The molecule has 98 heavy (non-hydrogen) atoms. The Balaban J connectivity index is 5.25. The lowest BCUT2D eigenvalue weighted by atomic mass is 9.99. The standard InChI is InChI=1S/C79H154O17P2/c1-8-11-12-13-14-15-16-17-18-19-20-21-22-23-28-34-39-48-55-62-78(83)95-74(66-89-76(81)60-53-46-38-33-27-25-24-26-31-36-43-50-57-70(4)5)68-93-97(85,86)91-64-73(80)65-92-98(87,88)94-69-75(67-90-77(82)61-54-47-42-41-45-52-59-72(7)10-3)96-79(84)63-56-49-40-35-30-29-32-37-44-51-58-71(6)9-2/h70-75,80H,8-69H2,1-7H3,(H,85,86)(H,87,88)/t71?,72?,73-,74-,75-/m1/s1. The first-order valence-corrected chi connectivity index (χ1v) is 43.9. The molecule has 0 amide bonds. The minimum atomic E-state index is -4.96. The zero-order chi connectivity index (χ0) is 72.3. The largest absolute Gasteiger partial charge is 0.472 e. The predicted molar refractivity (Wildman–Crippen MR) is 400 cm³/mol. The molecule has 17 nitrogen and oxygen atoms in total. The van der Waals surface area contributed by atoms with Crippen LogP contribution in [0.4, 0.5) is 0 Å². The Labute approximate surface area is 600 Å². The minimum absolute atomic E-state index is 0.105. The van der Waals surface area contributed by atoms with Crippen molar-refractivity contribution in [2.75, 3.05) is 39.6 Å². The summed E-state index contributed by atoms with van der Waals surface area (Å²) < 4.78 is 68.6. The first-order valence-electron chi connectivity index (χ1n) is 40.9. The van der Waals surface area contributed by atoms with E-state index in [1.807, 2.05) is 0 Å². The number of ether oxygens (including phenoxy) is 4. The molecule has 0 fully saturated rings. The van der Waals surface area contributed by atoms with Gasteiger partial charge in [-0.2, -0.15) is 0 Å². The summed E-state index contributed by atoms with van der Waals surface area (Å²) in [7, 11) is -9.92. The molecule has 0 aromatic heterocycles. The molecule has 7 atom stereocenters. The molecule has 0 aliphatic carbocycles. The SMILES string of the molecule is CCCCCCCCCCCCCCCCCCCCCC(=O)O[C@H](COC(=O)CCCCCCCCCCCCCCC(C)C)COP(=O)(O)OC[C@@H](O)COP(=O)(O)OC[C@@H](COC(=O)CCCCCCCCC(C)CC)OC(=O)CCCCCCCCCCCCC(C)CC. The maximum Gasteiger partial charge on any atom is 0.472 e. The number of aliphatic hydroxyl groups is 1. The van der Waals surface area contributed by atoms with Gasteiger partial charge >= 0.3 is 39.5 Å².